The fraction of sp³-hybridized carbons (Fsp3) is 0.200. The number of amides is 1. The second kappa shape index (κ2) is 5.64. The lowest BCUT2D eigenvalue weighted by atomic mass is 10.2. The van der Waals surface area contributed by atoms with Gasteiger partial charge in [0.2, 0.25) is 0 Å². The summed E-state index contributed by atoms with van der Waals surface area (Å²) in [6, 6.07) is 6.98. The van der Waals surface area contributed by atoms with E-state index < -0.39 is 6.09 Å². The van der Waals surface area contributed by atoms with Crippen LogP contribution in [0.2, 0.25) is 0 Å². The van der Waals surface area contributed by atoms with Gasteiger partial charge in [0.15, 0.2) is 0 Å². The van der Waals surface area contributed by atoms with Gasteiger partial charge in [-0.1, -0.05) is 12.1 Å². The van der Waals surface area contributed by atoms with Gasteiger partial charge in [-0.25, -0.2) is 4.79 Å². The Balaban J connectivity index is 2.33. The SMILES string of the molecule is Nc1ccc(COC(=O)NCC=O)cc1. The highest BCUT2D eigenvalue weighted by atomic mass is 16.5. The first-order valence-electron chi connectivity index (χ1n) is 4.41. The van der Waals surface area contributed by atoms with Gasteiger partial charge in [-0.15, -0.1) is 0 Å². The Morgan fingerprint density at radius 1 is 1.40 bits per heavy atom. The molecule has 1 aromatic carbocycles. The molecule has 1 aromatic rings. The molecular formula is C10H12N2O3. The number of hydrogen-bond donors (Lipinski definition) is 2. The molecule has 5 nitrogen and oxygen atoms in total. The molecule has 0 bridgehead atoms. The zero-order chi connectivity index (χ0) is 11.1. The molecule has 0 aliphatic rings. The van der Waals surface area contributed by atoms with E-state index in [1.54, 1.807) is 24.3 Å². The number of benzene rings is 1. The molecule has 80 valence electrons. The summed E-state index contributed by atoms with van der Waals surface area (Å²) in [4.78, 5) is 20.9. The molecule has 0 aromatic heterocycles. The summed E-state index contributed by atoms with van der Waals surface area (Å²) < 4.78 is 4.82. The lowest BCUT2D eigenvalue weighted by molar-refractivity contribution is -0.107. The Bertz CT molecular complexity index is 335. The maximum atomic E-state index is 10.9. The average molecular weight is 208 g/mol. The molecule has 0 aliphatic carbocycles. The zero-order valence-electron chi connectivity index (χ0n) is 8.10. The summed E-state index contributed by atoms with van der Waals surface area (Å²) in [5.74, 6) is 0. The topological polar surface area (TPSA) is 81.4 Å². The Hall–Kier alpha value is -2.04. The van der Waals surface area contributed by atoms with Crippen molar-refractivity contribution in [1.29, 1.82) is 0 Å². The van der Waals surface area contributed by atoms with Gasteiger partial charge < -0.3 is 20.6 Å². The van der Waals surface area contributed by atoms with Gasteiger partial charge in [0, 0.05) is 5.69 Å². The van der Waals surface area contributed by atoms with E-state index in [0.717, 1.165) is 5.56 Å². The first-order chi connectivity index (χ1) is 7.22. The second-order valence-corrected chi connectivity index (χ2v) is 2.87. The number of nitrogens with one attached hydrogen (secondary N) is 1. The van der Waals surface area contributed by atoms with Crippen molar-refractivity contribution in [3.63, 3.8) is 0 Å². The maximum absolute atomic E-state index is 10.9. The number of nitrogen functional groups attached to an aromatic ring is 1. The van der Waals surface area contributed by atoms with Crippen molar-refractivity contribution in [2.45, 2.75) is 6.61 Å². The molecule has 0 fully saturated rings. The summed E-state index contributed by atoms with van der Waals surface area (Å²) in [7, 11) is 0. The number of anilines is 1. The zero-order valence-corrected chi connectivity index (χ0v) is 8.10. The minimum absolute atomic E-state index is 0.0411. The first kappa shape index (κ1) is 11.0. The monoisotopic (exact) mass is 208 g/mol. The molecule has 0 unspecified atom stereocenters. The first-order valence-corrected chi connectivity index (χ1v) is 4.41. The summed E-state index contributed by atoms with van der Waals surface area (Å²) in [6.07, 6.45) is -0.0243. The second-order valence-electron chi connectivity index (χ2n) is 2.87. The highest BCUT2D eigenvalue weighted by Gasteiger charge is 2.00. The lowest BCUT2D eigenvalue weighted by Crippen LogP contribution is -2.25. The summed E-state index contributed by atoms with van der Waals surface area (Å²) >= 11 is 0. The van der Waals surface area contributed by atoms with Crippen molar-refractivity contribution in [1.82, 2.24) is 5.32 Å². The van der Waals surface area contributed by atoms with Crippen molar-refractivity contribution < 1.29 is 14.3 Å². The number of hydrogen-bond acceptors (Lipinski definition) is 4. The predicted molar refractivity (Wildman–Crippen MR) is 55.1 cm³/mol. The summed E-state index contributed by atoms with van der Waals surface area (Å²) in [5.41, 5.74) is 6.98. The van der Waals surface area contributed by atoms with Gasteiger partial charge >= 0.3 is 6.09 Å². The van der Waals surface area contributed by atoms with Crippen LogP contribution in [0.15, 0.2) is 24.3 Å². The molecule has 0 atom stereocenters. The molecule has 0 heterocycles. The molecule has 0 spiro atoms. The van der Waals surface area contributed by atoms with E-state index in [1.165, 1.54) is 0 Å². The molecule has 3 N–H and O–H groups in total. The fourth-order valence-electron chi connectivity index (χ4n) is 0.939. The Morgan fingerprint density at radius 2 is 2.07 bits per heavy atom. The van der Waals surface area contributed by atoms with Crippen LogP contribution < -0.4 is 11.1 Å². The van der Waals surface area contributed by atoms with Crippen LogP contribution in [0, 0.1) is 0 Å². The van der Waals surface area contributed by atoms with E-state index in [9.17, 15) is 9.59 Å². The molecule has 1 amide bonds. The van der Waals surface area contributed by atoms with Crippen LogP contribution >= 0.6 is 0 Å². The van der Waals surface area contributed by atoms with Crippen molar-refractivity contribution in [2.24, 2.45) is 0 Å². The Labute approximate surface area is 87.2 Å². The molecule has 15 heavy (non-hydrogen) atoms. The van der Waals surface area contributed by atoms with Gasteiger partial charge in [-0.3, -0.25) is 0 Å². The standard InChI is InChI=1S/C10H12N2O3/c11-9-3-1-8(2-4-9)7-15-10(14)12-5-6-13/h1-4,6H,5,7,11H2,(H,12,14). The molecule has 1 rings (SSSR count). The van der Waals surface area contributed by atoms with E-state index in [4.69, 9.17) is 10.5 Å². The largest absolute Gasteiger partial charge is 0.445 e. The van der Waals surface area contributed by atoms with Crippen LogP contribution in [0.5, 0.6) is 0 Å². The molecule has 0 aliphatic heterocycles. The smallest absolute Gasteiger partial charge is 0.407 e. The number of aldehydes is 1. The normalized spacial score (nSPS) is 9.33. The maximum Gasteiger partial charge on any atom is 0.407 e. The molecule has 5 heteroatoms. The van der Waals surface area contributed by atoms with Crippen LogP contribution in [-0.4, -0.2) is 18.9 Å². The fourth-order valence-corrected chi connectivity index (χ4v) is 0.939. The minimum Gasteiger partial charge on any atom is -0.445 e. The van der Waals surface area contributed by atoms with Crippen molar-refractivity contribution in [3.8, 4) is 0 Å². The van der Waals surface area contributed by atoms with Crippen LogP contribution in [0.3, 0.4) is 0 Å². The molecular weight excluding hydrogens is 196 g/mol. The van der Waals surface area contributed by atoms with Gasteiger partial charge in [0.05, 0.1) is 6.54 Å². The van der Waals surface area contributed by atoms with Gasteiger partial charge in [-0.2, -0.15) is 0 Å². The van der Waals surface area contributed by atoms with Gasteiger partial charge in [0.25, 0.3) is 0 Å². The van der Waals surface area contributed by atoms with Crippen LogP contribution in [0.4, 0.5) is 10.5 Å². The van der Waals surface area contributed by atoms with E-state index in [-0.39, 0.29) is 13.2 Å². The number of nitrogens with two attached hydrogens (primary N) is 1. The van der Waals surface area contributed by atoms with E-state index in [1.807, 2.05) is 0 Å². The third-order valence-corrected chi connectivity index (χ3v) is 1.68. The van der Waals surface area contributed by atoms with E-state index in [0.29, 0.717) is 12.0 Å². The minimum atomic E-state index is -0.612. The number of alkyl carbamates (subject to hydrolysis) is 1. The number of ether oxygens (including phenoxy) is 1. The van der Waals surface area contributed by atoms with Crippen molar-refractivity contribution in [2.75, 3.05) is 12.3 Å². The number of rotatable bonds is 4. The van der Waals surface area contributed by atoms with Crippen LogP contribution in [0.1, 0.15) is 5.56 Å². The van der Waals surface area contributed by atoms with Gasteiger partial charge in [0.1, 0.15) is 12.9 Å². The number of carbonyl (C=O) groups excluding carboxylic acids is 2. The van der Waals surface area contributed by atoms with Gasteiger partial charge in [-0.05, 0) is 17.7 Å². The lowest BCUT2D eigenvalue weighted by Gasteiger charge is -2.04. The average Bonchev–Trinajstić information content (AvgIpc) is 2.25. The third-order valence-electron chi connectivity index (χ3n) is 1.68. The molecule has 0 radical (unpaired) electrons. The quantitative estimate of drug-likeness (QED) is 0.563. The Morgan fingerprint density at radius 3 is 2.67 bits per heavy atom. The number of carbonyl (C=O) groups is 2. The van der Waals surface area contributed by atoms with E-state index >= 15 is 0 Å². The van der Waals surface area contributed by atoms with Crippen LogP contribution in [0.25, 0.3) is 0 Å². The van der Waals surface area contributed by atoms with Crippen molar-refractivity contribution >= 4 is 18.1 Å². The van der Waals surface area contributed by atoms with Crippen LogP contribution in [-0.2, 0) is 16.1 Å². The highest BCUT2D eigenvalue weighted by molar-refractivity contribution is 5.70. The summed E-state index contributed by atoms with van der Waals surface area (Å²) in [6.45, 7) is 0.117. The summed E-state index contributed by atoms with van der Waals surface area (Å²) in [5, 5.41) is 2.26. The molecule has 0 saturated heterocycles. The highest BCUT2D eigenvalue weighted by Crippen LogP contribution is 2.06. The van der Waals surface area contributed by atoms with E-state index in [2.05, 4.69) is 5.32 Å². The Kier molecular flexibility index (Phi) is 4.15. The predicted octanol–water partition coefficient (Wildman–Crippen LogP) is 0.694. The van der Waals surface area contributed by atoms with Crippen molar-refractivity contribution in [3.05, 3.63) is 29.8 Å². The third kappa shape index (κ3) is 4.12. The molecule has 0 saturated carbocycles.